The maximum absolute atomic E-state index is 12.5. The molecule has 4 N–H and O–H groups in total. The number of carbonyl (C=O) groups excluding carboxylic acids is 1. The number of ketones is 1. The summed E-state index contributed by atoms with van der Waals surface area (Å²) in [4.78, 5) is 23.9. The fraction of sp³-hybridized carbons (Fsp3) is 0.741. The number of aliphatic hydroxyl groups is 3. The van der Waals surface area contributed by atoms with Crippen LogP contribution in [0.25, 0.3) is 0 Å². The molecule has 6 saturated carbocycles. The van der Waals surface area contributed by atoms with Gasteiger partial charge in [0.2, 0.25) is 0 Å². The number of rotatable bonds is 10. The van der Waals surface area contributed by atoms with Crippen LogP contribution >= 0.6 is 0 Å². The zero-order valence-corrected chi connectivity index (χ0v) is 38.4. The van der Waals surface area contributed by atoms with Crippen molar-refractivity contribution < 1.29 is 39.5 Å². The van der Waals surface area contributed by atoms with Crippen molar-refractivity contribution in [1.82, 2.24) is 0 Å². The van der Waals surface area contributed by atoms with Crippen LogP contribution < -0.4 is 4.74 Å². The smallest absolute Gasteiger partial charge is 0.303 e. The topological polar surface area (TPSA) is 134 Å². The van der Waals surface area contributed by atoms with Gasteiger partial charge in [-0.05, 0) is 196 Å². The van der Waals surface area contributed by atoms with Gasteiger partial charge in [0.25, 0.3) is 0 Å². The van der Waals surface area contributed by atoms with Crippen LogP contribution in [0.3, 0.4) is 0 Å². The lowest BCUT2D eigenvalue weighted by Crippen LogP contribution is -2.62. The van der Waals surface area contributed by atoms with Gasteiger partial charge in [-0.15, -0.1) is 5.92 Å². The highest BCUT2D eigenvalue weighted by Gasteiger charge is 2.66. The second kappa shape index (κ2) is 16.5. The van der Waals surface area contributed by atoms with E-state index in [9.17, 15) is 30.0 Å². The number of ether oxygens (including phenoxy) is 2. The zero-order valence-electron chi connectivity index (χ0n) is 38.4. The molecule has 8 aliphatic rings. The Bertz CT molecular complexity index is 2060. The number of aliphatic hydroxyl groups excluding tert-OH is 2. The van der Waals surface area contributed by atoms with E-state index in [4.69, 9.17) is 9.47 Å². The minimum Gasteiger partial charge on any atom is -0.491 e. The van der Waals surface area contributed by atoms with Crippen LogP contribution in [0.1, 0.15) is 154 Å². The summed E-state index contributed by atoms with van der Waals surface area (Å²) in [5, 5.41) is 45.3. The second-order valence-corrected chi connectivity index (χ2v) is 22.4. The fourth-order valence-corrected chi connectivity index (χ4v) is 16.6. The largest absolute Gasteiger partial charge is 0.491 e. The first-order valence-corrected chi connectivity index (χ1v) is 24.6. The average Bonchev–Trinajstić information content (AvgIpc) is 3.72. The standard InChI is InChI=1S/C54H74O8/c1-7-20-54(60)22-19-42-39-12-9-34-26-36(55)11-13-38(34)49(39)40(30-52(42,54)5)33-10-16-46(32(3)25-33)62-24-23-61-37-18-21-51(4)35(27-37)28-45(56)50-43-15-14-41(31(2)8-17-48(58)59)53(43,6)47(57)29-44(50)51/h10,16,25-26,31,35,37,39-45,47,50,56-57,60H,8-9,11-15,17-19,21-24,27-30H2,1-6H3,(H,58,59)/t31-,35?,37+,39+,40-,41-,42+,43+,44+,45-,47-,50+,51+,52+,53-,54-/m1/s1. The van der Waals surface area contributed by atoms with Crippen molar-refractivity contribution >= 4 is 11.8 Å². The third kappa shape index (κ3) is 7.08. The van der Waals surface area contributed by atoms with E-state index in [1.165, 1.54) is 22.3 Å². The first kappa shape index (κ1) is 44.3. The predicted molar refractivity (Wildman–Crippen MR) is 239 cm³/mol. The van der Waals surface area contributed by atoms with Gasteiger partial charge in [-0.2, -0.15) is 0 Å². The van der Waals surface area contributed by atoms with Gasteiger partial charge in [-0.1, -0.05) is 51.3 Å². The van der Waals surface area contributed by atoms with Crippen LogP contribution in [-0.4, -0.2) is 69.3 Å². The highest BCUT2D eigenvalue weighted by molar-refractivity contribution is 5.93. The van der Waals surface area contributed by atoms with Crippen LogP contribution in [0.4, 0.5) is 0 Å². The Morgan fingerprint density at radius 3 is 2.52 bits per heavy atom. The zero-order chi connectivity index (χ0) is 43.9. The summed E-state index contributed by atoms with van der Waals surface area (Å²) in [6.45, 7) is 14.1. The molecule has 338 valence electrons. The monoisotopic (exact) mass is 851 g/mol. The molecule has 1 unspecified atom stereocenters. The number of fused-ring (bicyclic) bond motifs is 9. The Hall–Kier alpha value is -2.96. The average molecular weight is 851 g/mol. The molecule has 0 spiro atoms. The molecule has 0 bridgehead atoms. The number of aryl methyl sites for hydroxylation is 1. The number of aliphatic carboxylic acids is 1. The van der Waals surface area contributed by atoms with Crippen LogP contribution in [-0.2, 0) is 14.3 Å². The molecular formula is C54H74O8. The van der Waals surface area contributed by atoms with Crippen molar-refractivity contribution in [2.75, 3.05) is 13.2 Å². The maximum atomic E-state index is 12.5. The summed E-state index contributed by atoms with van der Waals surface area (Å²) in [6, 6.07) is 6.64. The fourth-order valence-electron chi connectivity index (χ4n) is 16.6. The van der Waals surface area contributed by atoms with Crippen molar-refractivity contribution in [2.24, 2.45) is 63.6 Å². The third-order valence-electron chi connectivity index (χ3n) is 19.8. The number of benzene rings is 1. The van der Waals surface area contributed by atoms with E-state index in [2.05, 4.69) is 64.7 Å². The second-order valence-electron chi connectivity index (χ2n) is 22.4. The number of allylic oxidation sites excluding steroid dienone is 4. The number of carboxylic acid groups (broad SMARTS) is 1. The Morgan fingerprint density at radius 2 is 1.76 bits per heavy atom. The Morgan fingerprint density at radius 1 is 0.952 bits per heavy atom. The van der Waals surface area contributed by atoms with E-state index in [1.807, 2.05) is 13.0 Å². The Balaban J connectivity index is 0.842. The SMILES string of the molecule is CC#C[C@@]1(O)CC[C@H]2[C@@H]3CCC4=CC(=O)CCC4=C3[C@@H](c3ccc(OCCO[C@H]4CC[C@@]5(C)C(C4)C[C@@H](O)[C@H]4[C@@H]6CC[C@H]([C@H](C)CCC(=O)O)[C@@]6(C)[C@H](O)C[C@@H]45)c(C)c3)C[C@@]21C. The number of hydrogen-bond acceptors (Lipinski definition) is 7. The molecule has 0 radical (unpaired) electrons. The molecule has 1 aromatic rings. The molecule has 0 amide bonds. The lowest BCUT2D eigenvalue weighted by atomic mass is 9.43. The van der Waals surface area contributed by atoms with E-state index in [0.717, 1.165) is 88.4 Å². The summed E-state index contributed by atoms with van der Waals surface area (Å²) in [5.74, 6) is 9.15. The minimum atomic E-state index is -1.00. The molecule has 62 heavy (non-hydrogen) atoms. The molecule has 8 aliphatic carbocycles. The first-order chi connectivity index (χ1) is 29.5. The summed E-state index contributed by atoms with van der Waals surface area (Å²) >= 11 is 0. The maximum Gasteiger partial charge on any atom is 0.303 e. The normalized spacial score (nSPS) is 43.7. The number of hydrogen-bond donors (Lipinski definition) is 4. The van der Waals surface area contributed by atoms with Crippen LogP contribution in [0.5, 0.6) is 5.75 Å². The molecule has 8 heteroatoms. The summed E-state index contributed by atoms with van der Waals surface area (Å²) < 4.78 is 13.0. The molecule has 0 aromatic heterocycles. The molecule has 0 heterocycles. The summed E-state index contributed by atoms with van der Waals surface area (Å²) in [7, 11) is 0. The van der Waals surface area contributed by atoms with E-state index < -0.39 is 23.8 Å². The van der Waals surface area contributed by atoms with Crippen molar-refractivity contribution in [2.45, 2.75) is 174 Å². The molecule has 0 aliphatic heterocycles. The van der Waals surface area contributed by atoms with Gasteiger partial charge in [0.15, 0.2) is 5.78 Å². The molecule has 1 aromatic carbocycles. The highest BCUT2D eigenvalue weighted by atomic mass is 16.5. The van der Waals surface area contributed by atoms with Crippen molar-refractivity contribution in [3.63, 3.8) is 0 Å². The lowest BCUT2D eigenvalue weighted by Gasteiger charge is -2.63. The van der Waals surface area contributed by atoms with E-state index in [0.29, 0.717) is 50.2 Å². The molecule has 8 nitrogen and oxygen atoms in total. The van der Waals surface area contributed by atoms with Gasteiger partial charge in [-0.3, -0.25) is 9.59 Å². The van der Waals surface area contributed by atoms with Crippen molar-refractivity contribution in [3.8, 4) is 17.6 Å². The van der Waals surface area contributed by atoms with Crippen molar-refractivity contribution in [1.29, 1.82) is 0 Å². The minimum absolute atomic E-state index is 0.0473. The van der Waals surface area contributed by atoms with Crippen LogP contribution in [0.2, 0.25) is 0 Å². The van der Waals surface area contributed by atoms with Gasteiger partial charge in [0.05, 0.1) is 24.9 Å². The summed E-state index contributed by atoms with van der Waals surface area (Å²) in [6.07, 6.45) is 14.3. The van der Waals surface area contributed by atoms with Gasteiger partial charge >= 0.3 is 5.97 Å². The van der Waals surface area contributed by atoms with Gasteiger partial charge in [0.1, 0.15) is 18.0 Å². The molecule has 0 saturated heterocycles. The summed E-state index contributed by atoms with van der Waals surface area (Å²) in [5.41, 5.74) is 4.95. The van der Waals surface area contributed by atoms with Gasteiger partial charge in [-0.25, -0.2) is 0 Å². The third-order valence-corrected chi connectivity index (χ3v) is 19.8. The number of carbonyl (C=O) groups is 2. The van der Waals surface area contributed by atoms with Gasteiger partial charge < -0.3 is 29.9 Å². The molecule has 9 rings (SSSR count). The van der Waals surface area contributed by atoms with Gasteiger partial charge in [0, 0.05) is 24.2 Å². The molecule has 16 atom stereocenters. The van der Waals surface area contributed by atoms with E-state index >= 15 is 0 Å². The highest BCUT2D eigenvalue weighted by Crippen LogP contribution is 2.69. The quantitative estimate of drug-likeness (QED) is 0.135. The number of carboxylic acids is 1. The van der Waals surface area contributed by atoms with Crippen molar-refractivity contribution in [3.05, 3.63) is 52.1 Å². The molecular weight excluding hydrogens is 777 g/mol. The van der Waals surface area contributed by atoms with Crippen LogP contribution in [0, 0.1) is 82.4 Å². The predicted octanol–water partition coefficient (Wildman–Crippen LogP) is 9.51. The Kier molecular flexibility index (Phi) is 11.8. The first-order valence-electron chi connectivity index (χ1n) is 24.6. The van der Waals surface area contributed by atoms with E-state index in [-0.39, 0.29) is 70.1 Å². The van der Waals surface area contributed by atoms with Crippen LogP contribution in [0.15, 0.2) is 41.0 Å². The molecule has 6 fully saturated rings. The van der Waals surface area contributed by atoms with E-state index in [1.54, 1.807) is 0 Å². The lowest BCUT2D eigenvalue weighted by molar-refractivity contribution is -0.209. The Labute approximate surface area is 370 Å².